The summed E-state index contributed by atoms with van der Waals surface area (Å²) in [7, 11) is 1.38. The summed E-state index contributed by atoms with van der Waals surface area (Å²) in [5.74, 6) is -0.570. The molecule has 45 heavy (non-hydrogen) atoms. The fourth-order valence-electron chi connectivity index (χ4n) is 4.06. The van der Waals surface area contributed by atoms with Crippen LogP contribution in [-0.4, -0.2) is 42.8 Å². The van der Waals surface area contributed by atoms with Crippen molar-refractivity contribution in [2.24, 2.45) is 5.10 Å². The molecule has 0 unspecified atom stereocenters. The quantitative estimate of drug-likeness (QED) is 0.0659. The Bertz CT molecular complexity index is 1820. The molecule has 0 saturated heterocycles. The third-order valence-corrected chi connectivity index (χ3v) is 6.32. The van der Waals surface area contributed by atoms with E-state index in [1.165, 1.54) is 55.8 Å². The van der Waals surface area contributed by atoms with Crippen LogP contribution in [0.3, 0.4) is 0 Å². The average Bonchev–Trinajstić information content (AvgIpc) is 3.53. The molecule has 0 atom stereocenters. The number of nitrogens with one attached hydrogen (secondary N) is 2. The van der Waals surface area contributed by atoms with Gasteiger partial charge in [0.15, 0.2) is 23.0 Å². The predicted molar refractivity (Wildman–Crippen MR) is 161 cm³/mol. The van der Waals surface area contributed by atoms with Crippen LogP contribution in [0.15, 0.2) is 102 Å². The number of benzene rings is 4. The van der Waals surface area contributed by atoms with Gasteiger partial charge < -0.3 is 24.3 Å². The van der Waals surface area contributed by atoms with Crippen molar-refractivity contribution in [2.75, 3.05) is 13.9 Å². The van der Waals surface area contributed by atoms with Crippen LogP contribution in [0.4, 0.5) is 5.69 Å². The highest BCUT2D eigenvalue weighted by atomic mass is 16.7. The van der Waals surface area contributed by atoms with Crippen molar-refractivity contribution in [3.8, 4) is 23.0 Å². The molecule has 4 aromatic rings. The van der Waals surface area contributed by atoms with Crippen molar-refractivity contribution in [1.82, 2.24) is 10.7 Å². The minimum absolute atomic E-state index is 0.0778. The fraction of sp³-hybridized carbons (Fsp3) is 0.0625. The number of methoxy groups -OCH3 is 1. The lowest BCUT2D eigenvalue weighted by molar-refractivity contribution is -0.384. The molecule has 0 spiro atoms. The summed E-state index contributed by atoms with van der Waals surface area (Å²) in [6.45, 7) is 0.0866. The van der Waals surface area contributed by atoms with E-state index in [4.69, 9.17) is 18.9 Å². The summed E-state index contributed by atoms with van der Waals surface area (Å²) < 4.78 is 21.5. The third-order valence-electron chi connectivity index (χ3n) is 6.32. The smallest absolute Gasteiger partial charge is 0.343 e. The maximum absolute atomic E-state index is 13.1. The first-order valence-corrected chi connectivity index (χ1v) is 13.3. The Hall–Kier alpha value is -6.50. The number of carbonyl (C=O) groups is 3. The highest BCUT2D eigenvalue weighted by Crippen LogP contribution is 2.33. The molecule has 0 radical (unpaired) electrons. The van der Waals surface area contributed by atoms with Gasteiger partial charge in [-0.05, 0) is 71.8 Å². The summed E-state index contributed by atoms with van der Waals surface area (Å²) in [6, 6.07) is 23.0. The molecule has 2 N–H and O–H groups in total. The minimum Gasteiger partial charge on any atom is -0.493 e. The molecular formula is C32H24N4O9. The summed E-state index contributed by atoms with van der Waals surface area (Å²) in [6.07, 6.45) is 2.81. The number of hydrogen-bond donors (Lipinski definition) is 2. The van der Waals surface area contributed by atoms with E-state index < -0.39 is 22.7 Å². The highest BCUT2D eigenvalue weighted by Gasteiger charge is 2.18. The summed E-state index contributed by atoms with van der Waals surface area (Å²) in [4.78, 5) is 48.8. The van der Waals surface area contributed by atoms with Gasteiger partial charge in [-0.1, -0.05) is 24.3 Å². The molecular weight excluding hydrogens is 584 g/mol. The Morgan fingerprint density at radius 1 is 0.867 bits per heavy atom. The van der Waals surface area contributed by atoms with Gasteiger partial charge in [-0.3, -0.25) is 19.7 Å². The number of ether oxygens (including phenoxy) is 4. The Balaban J connectivity index is 1.29. The molecule has 13 nitrogen and oxygen atoms in total. The van der Waals surface area contributed by atoms with Crippen LogP contribution >= 0.6 is 0 Å². The number of nitro benzene ring substituents is 1. The van der Waals surface area contributed by atoms with E-state index in [-0.39, 0.29) is 35.2 Å². The Labute approximate surface area is 255 Å². The van der Waals surface area contributed by atoms with Gasteiger partial charge in [0.1, 0.15) is 5.70 Å². The van der Waals surface area contributed by atoms with Crippen LogP contribution in [0.5, 0.6) is 23.0 Å². The molecule has 13 heteroatoms. The van der Waals surface area contributed by atoms with Crippen molar-refractivity contribution in [3.05, 3.63) is 129 Å². The van der Waals surface area contributed by atoms with Gasteiger partial charge in [0.25, 0.3) is 17.5 Å². The van der Waals surface area contributed by atoms with Gasteiger partial charge in [-0.25, -0.2) is 10.2 Å². The lowest BCUT2D eigenvalue weighted by atomic mass is 10.1. The van der Waals surface area contributed by atoms with Gasteiger partial charge in [0, 0.05) is 17.7 Å². The Morgan fingerprint density at radius 2 is 1.60 bits per heavy atom. The first-order valence-electron chi connectivity index (χ1n) is 13.3. The summed E-state index contributed by atoms with van der Waals surface area (Å²) >= 11 is 0. The van der Waals surface area contributed by atoms with E-state index in [9.17, 15) is 24.5 Å². The monoisotopic (exact) mass is 608 g/mol. The summed E-state index contributed by atoms with van der Waals surface area (Å²) in [5, 5.41) is 17.5. The molecule has 0 fully saturated rings. The van der Waals surface area contributed by atoms with Crippen LogP contribution in [0.1, 0.15) is 31.8 Å². The van der Waals surface area contributed by atoms with Crippen LogP contribution < -0.4 is 29.7 Å². The highest BCUT2D eigenvalue weighted by molar-refractivity contribution is 6.05. The number of hydrazone groups is 1. The Kier molecular flexibility index (Phi) is 9.09. The SMILES string of the molecule is COc1cc(C=NNC(=O)C(=Cc2ccc3c(c2)OCO3)NC(=O)c2ccccc2)ccc1OC(=O)c1ccc([N+](=O)[O-])cc1. The van der Waals surface area contributed by atoms with Crippen molar-refractivity contribution in [1.29, 1.82) is 0 Å². The number of nitrogens with zero attached hydrogens (tertiary/aromatic N) is 2. The van der Waals surface area contributed by atoms with Crippen molar-refractivity contribution in [3.63, 3.8) is 0 Å². The third kappa shape index (κ3) is 7.48. The van der Waals surface area contributed by atoms with Gasteiger partial charge >= 0.3 is 5.97 Å². The van der Waals surface area contributed by atoms with Crippen molar-refractivity contribution >= 4 is 35.8 Å². The molecule has 0 aliphatic carbocycles. The van der Waals surface area contributed by atoms with E-state index >= 15 is 0 Å². The van der Waals surface area contributed by atoms with Gasteiger partial charge in [0.2, 0.25) is 6.79 Å². The van der Waals surface area contributed by atoms with Crippen LogP contribution in [0, 0.1) is 10.1 Å². The number of rotatable bonds is 10. The number of non-ortho nitro benzene ring substituents is 1. The molecule has 2 amide bonds. The molecule has 0 saturated carbocycles. The molecule has 1 aliphatic heterocycles. The van der Waals surface area contributed by atoms with Crippen LogP contribution in [0.2, 0.25) is 0 Å². The molecule has 0 aromatic heterocycles. The first kappa shape index (κ1) is 30.0. The number of carbonyl (C=O) groups excluding carboxylic acids is 3. The summed E-state index contributed by atoms with van der Waals surface area (Å²) in [5.41, 5.74) is 3.68. The number of amides is 2. The standard InChI is InChI=1S/C32H24N4O9/c1-42-28-17-21(8-14-27(28)45-32(39)23-9-11-24(12-10-23)36(40)41)18-33-35-31(38)25(34-30(37)22-5-3-2-4-6-22)15-20-7-13-26-29(16-20)44-19-43-26/h2-18H,19H2,1H3,(H,34,37)(H,35,38). The zero-order chi connectivity index (χ0) is 31.8. The average molecular weight is 609 g/mol. The zero-order valence-electron chi connectivity index (χ0n) is 23.6. The number of fused-ring (bicyclic) bond motifs is 1. The van der Waals surface area contributed by atoms with E-state index in [0.29, 0.717) is 28.2 Å². The zero-order valence-corrected chi connectivity index (χ0v) is 23.6. The van der Waals surface area contributed by atoms with Crippen molar-refractivity contribution < 1.29 is 38.3 Å². The van der Waals surface area contributed by atoms with Crippen molar-refractivity contribution in [2.45, 2.75) is 0 Å². The largest absolute Gasteiger partial charge is 0.493 e. The molecule has 5 rings (SSSR count). The van der Waals surface area contributed by atoms with Gasteiger partial charge in [-0.15, -0.1) is 0 Å². The number of hydrogen-bond acceptors (Lipinski definition) is 10. The first-order chi connectivity index (χ1) is 21.8. The second kappa shape index (κ2) is 13.6. The second-order valence-electron chi connectivity index (χ2n) is 9.29. The molecule has 0 bridgehead atoms. The number of esters is 1. The molecule has 1 heterocycles. The predicted octanol–water partition coefficient (Wildman–Crippen LogP) is 4.47. The second-order valence-corrected chi connectivity index (χ2v) is 9.29. The van der Waals surface area contributed by atoms with E-state index in [0.717, 1.165) is 0 Å². The normalized spacial score (nSPS) is 12.0. The van der Waals surface area contributed by atoms with Crippen LogP contribution in [0.25, 0.3) is 6.08 Å². The van der Waals surface area contributed by atoms with E-state index in [2.05, 4.69) is 15.8 Å². The molecule has 1 aliphatic rings. The number of nitro groups is 1. The lowest BCUT2D eigenvalue weighted by Gasteiger charge is -2.10. The van der Waals surface area contributed by atoms with E-state index in [1.807, 2.05) is 0 Å². The fourth-order valence-corrected chi connectivity index (χ4v) is 4.06. The molecule has 226 valence electrons. The minimum atomic E-state index is -0.740. The van der Waals surface area contributed by atoms with Gasteiger partial charge in [-0.2, -0.15) is 5.10 Å². The van der Waals surface area contributed by atoms with Gasteiger partial charge in [0.05, 0.1) is 23.8 Å². The lowest BCUT2D eigenvalue weighted by Crippen LogP contribution is -2.32. The van der Waals surface area contributed by atoms with Crippen LogP contribution in [-0.2, 0) is 4.79 Å². The topological polar surface area (TPSA) is 168 Å². The maximum Gasteiger partial charge on any atom is 0.343 e. The molecule has 4 aromatic carbocycles. The Morgan fingerprint density at radius 3 is 2.33 bits per heavy atom. The maximum atomic E-state index is 13.1. The van der Waals surface area contributed by atoms with E-state index in [1.54, 1.807) is 54.6 Å².